The lowest BCUT2D eigenvalue weighted by atomic mass is 9.92. The van der Waals surface area contributed by atoms with E-state index in [1.165, 1.54) is 11.1 Å². The van der Waals surface area contributed by atoms with Gasteiger partial charge >= 0.3 is 0 Å². The number of allylic oxidation sites excluding steroid dienone is 2. The highest BCUT2D eigenvalue weighted by molar-refractivity contribution is 7.89. The molecular weight excluding hydrogens is 378 g/mol. The van der Waals surface area contributed by atoms with Crippen molar-refractivity contribution in [1.82, 2.24) is 4.31 Å². The first kappa shape index (κ1) is 18.5. The van der Waals surface area contributed by atoms with Crippen molar-refractivity contribution in [3.8, 4) is 0 Å². The van der Waals surface area contributed by atoms with Crippen LogP contribution in [0.4, 0.5) is 0 Å². The SMILES string of the molecule is Cc1ccc(S(=O)(=O)N2CC3=C(c4ccc(Cl)cc4)CCC=C[C@H]3C2)cc1. The number of hydrogen-bond donors (Lipinski definition) is 0. The summed E-state index contributed by atoms with van der Waals surface area (Å²) >= 11 is 6.04. The second-order valence-electron chi connectivity index (χ2n) is 7.19. The van der Waals surface area contributed by atoms with Gasteiger partial charge in [-0.15, -0.1) is 0 Å². The maximum atomic E-state index is 13.1. The summed E-state index contributed by atoms with van der Waals surface area (Å²) in [4.78, 5) is 0.363. The van der Waals surface area contributed by atoms with Gasteiger partial charge in [-0.3, -0.25) is 0 Å². The highest BCUT2D eigenvalue weighted by Crippen LogP contribution is 2.38. The molecule has 1 fully saturated rings. The normalized spacial score (nSPS) is 20.6. The summed E-state index contributed by atoms with van der Waals surface area (Å²) in [7, 11) is -3.49. The quantitative estimate of drug-likeness (QED) is 0.675. The molecule has 27 heavy (non-hydrogen) atoms. The Bertz CT molecular complexity index is 1010. The lowest BCUT2D eigenvalue weighted by Gasteiger charge is -2.16. The Balaban J connectivity index is 1.71. The molecule has 2 aromatic rings. The van der Waals surface area contributed by atoms with E-state index in [2.05, 4.69) is 12.2 Å². The third-order valence-corrected chi connectivity index (χ3v) is 7.44. The van der Waals surface area contributed by atoms with Crippen LogP contribution in [0.15, 0.2) is 71.2 Å². The molecule has 0 spiro atoms. The molecule has 1 aliphatic carbocycles. The summed E-state index contributed by atoms with van der Waals surface area (Å²) in [5, 5.41) is 0.711. The lowest BCUT2D eigenvalue weighted by molar-refractivity contribution is 0.471. The van der Waals surface area contributed by atoms with E-state index in [9.17, 15) is 8.42 Å². The van der Waals surface area contributed by atoms with Crippen LogP contribution in [0.5, 0.6) is 0 Å². The molecular formula is C22H22ClNO2S. The number of hydrogen-bond acceptors (Lipinski definition) is 2. The second-order valence-corrected chi connectivity index (χ2v) is 9.57. The Morgan fingerprint density at radius 3 is 2.44 bits per heavy atom. The van der Waals surface area contributed by atoms with E-state index in [4.69, 9.17) is 11.6 Å². The molecule has 3 nitrogen and oxygen atoms in total. The van der Waals surface area contributed by atoms with E-state index >= 15 is 0 Å². The van der Waals surface area contributed by atoms with E-state index in [-0.39, 0.29) is 5.92 Å². The van der Waals surface area contributed by atoms with Gasteiger partial charge in [0, 0.05) is 24.0 Å². The molecule has 4 rings (SSSR count). The van der Waals surface area contributed by atoms with E-state index in [1.54, 1.807) is 16.4 Å². The van der Waals surface area contributed by atoms with Crippen LogP contribution < -0.4 is 0 Å². The fourth-order valence-electron chi connectivity index (χ4n) is 3.87. The Kier molecular flexibility index (Phi) is 4.97. The van der Waals surface area contributed by atoms with Gasteiger partial charge in [0.05, 0.1) is 4.90 Å². The second kappa shape index (κ2) is 7.27. The summed E-state index contributed by atoms with van der Waals surface area (Å²) in [6.45, 7) is 2.90. The average Bonchev–Trinajstić information content (AvgIpc) is 2.99. The maximum Gasteiger partial charge on any atom is 0.243 e. The van der Waals surface area contributed by atoms with Crippen molar-refractivity contribution in [2.45, 2.75) is 24.7 Å². The van der Waals surface area contributed by atoms with Gasteiger partial charge in [0.1, 0.15) is 0 Å². The molecule has 0 amide bonds. The topological polar surface area (TPSA) is 37.4 Å². The van der Waals surface area contributed by atoms with Crippen molar-refractivity contribution in [3.63, 3.8) is 0 Å². The third kappa shape index (κ3) is 3.62. The molecule has 0 unspecified atom stereocenters. The number of benzene rings is 2. The molecule has 1 saturated heterocycles. The van der Waals surface area contributed by atoms with Crippen LogP contribution in [0.2, 0.25) is 5.02 Å². The number of rotatable bonds is 3. The van der Waals surface area contributed by atoms with Gasteiger partial charge in [-0.2, -0.15) is 4.31 Å². The number of sulfonamides is 1. The molecule has 2 aromatic carbocycles. The summed E-state index contributed by atoms with van der Waals surface area (Å²) in [6, 6.07) is 14.9. The lowest BCUT2D eigenvalue weighted by Crippen LogP contribution is -2.28. The van der Waals surface area contributed by atoms with E-state index < -0.39 is 10.0 Å². The molecule has 0 bridgehead atoms. The van der Waals surface area contributed by atoms with Crippen LogP contribution in [-0.2, 0) is 10.0 Å². The predicted molar refractivity (Wildman–Crippen MR) is 110 cm³/mol. The zero-order valence-electron chi connectivity index (χ0n) is 15.2. The Labute approximate surface area is 166 Å². The largest absolute Gasteiger partial charge is 0.243 e. The van der Waals surface area contributed by atoms with Gasteiger partial charge in [0.2, 0.25) is 10.0 Å². The summed E-state index contributed by atoms with van der Waals surface area (Å²) in [5.41, 5.74) is 4.65. The minimum absolute atomic E-state index is 0.137. The van der Waals surface area contributed by atoms with Gasteiger partial charge in [0.15, 0.2) is 0 Å². The Morgan fingerprint density at radius 2 is 1.74 bits per heavy atom. The first-order valence-corrected chi connectivity index (χ1v) is 11.0. The molecule has 0 radical (unpaired) electrons. The van der Waals surface area contributed by atoms with Crippen molar-refractivity contribution in [2.75, 3.05) is 13.1 Å². The summed E-state index contributed by atoms with van der Waals surface area (Å²) in [6.07, 6.45) is 6.24. The minimum atomic E-state index is -3.49. The van der Waals surface area contributed by atoms with Crippen molar-refractivity contribution in [2.24, 2.45) is 5.92 Å². The van der Waals surface area contributed by atoms with Crippen LogP contribution in [0, 0.1) is 12.8 Å². The molecule has 140 valence electrons. The van der Waals surface area contributed by atoms with Crippen LogP contribution >= 0.6 is 11.6 Å². The standard InChI is InChI=1S/C22H22ClNO2S/c1-16-6-12-20(13-7-16)27(25,26)24-14-18-4-2-3-5-21(22(18)15-24)17-8-10-19(23)11-9-17/h2,4,6-13,18H,3,5,14-15H2,1H3/t18-/m0/s1. The van der Waals surface area contributed by atoms with Gasteiger partial charge in [-0.25, -0.2) is 8.42 Å². The predicted octanol–water partition coefficient (Wildman–Crippen LogP) is 5.07. The average molecular weight is 400 g/mol. The van der Waals surface area contributed by atoms with Crippen LogP contribution in [-0.4, -0.2) is 25.8 Å². The van der Waals surface area contributed by atoms with Crippen molar-refractivity contribution >= 4 is 27.2 Å². The fourth-order valence-corrected chi connectivity index (χ4v) is 5.44. The van der Waals surface area contributed by atoms with E-state index in [1.807, 2.05) is 43.3 Å². The maximum absolute atomic E-state index is 13.1. The summed E-state index contributed by atoms with van der Waals surface area (Å²) in [5.74, 6) is 0.137. The molecule has 0 N–H and O–H groups in total. The number of halogens is 1. The van der Waals surface area contributed by atoms with E-state index in [0.29, 0.717) is 23.0 Å². The smallest absolute Gasteiger partial charge is 0.207 e. The first-order valence-electron chi connectivity index (χ1n) is 9.16. The van der Waals surface area contributed by atoms with Crippen molar-refractivity contribution in [1.29, 1.82) is 0 Å². The number of aryl methyl sites for hydroxylation is 1. The minimum Gasteiger partial charge on any atom is -0.207 e. The molecule has 2 aliphatic rings. The molecule has 5 heteroatoms. The number of nitrogens with zero attached hydrogens (tertiary/aromatic N) is 1. The zero-order valence-corrected chi connectivity index (χ0v) is 16.8. The fraction of sp³-hybridized carbons (Fsp3) is 0.273. The van der Waals surface area contributed by atoms with Crippen molar-refractivity contribution in [3.05, 3.63) is 82.4 Å². The van der Waals surface area contributed by atoms with Crippen LogP contribution in [0.1, 0.15) is 24.0 Å². The van der Waals surface area contributed by atoms with Gasteiger partial charge in [-0.05, 0) is 60.7 Å². The highest BCUT2D eigenvalue weighted by atomic mass is 35.5. The van der Waals surface area contributed by atoms with Crippen LogP contribution in [0.3, 0.4) is 0 Å². The van der Waals surface area contributed by atoms with Crippen molar-refractivity contribution < 1.29 is 8.42 Å². The summed E-state index contributed by atoms with van der Waals surface area (Å²) < 4.78 is 27.9. The molecule has 0 saturated carbocycles. The highest BCUT2D eigenvalue weighted by Gasteiger charge is 2.36. The van der Waals surface area contributed by atoms with Gasteiger partial charge in [-0.1, -0.05) is 53.6 Å². The van der Waals surface area contributed by atoms with Gasteiger partial charge in [0.25, 0.3) is 0 Å². The van der Waals surface area contributed by atoms with Crippen LogP contribution in [0.25, 0.3) is 5.57 Å². The third-order valence-electron chi connectivity index (χ3n) is 5.36. The molecule has 0 aromatic heterocycles. The van der Waals surface area contributed by atoms with Gasteiger partial charge < -0.3 is 0 Å². The molecule has 1 aliphatic heterocycles. The Hall–Kier alpha value is -1.88. The number of fused-ring (bicyclic) bond motifs is 1. The molecule has 1 atom stereocenters. The van der Waals surface area contributed by atoms with E-state index in [0.717, 1.165) is 24.0 Å². The molecule has 1 heterocycles. The monoisotopic (exact) mass is 399 g/mol. The first-order chi connectivity index (χ1) is 12.9. The Morgan fingerprint density at radius 1 is 1.04 bits per heavy atom. The zero-order chi connectivity index (χ0) is 19.0.